The lowest BCUT2D eigenvalue weighted by atomic mass is 10.2. The van der Waals surface area contributed by atoms with Gasteiger partial charge in [0, 0.05) is 5.69 Å². The van der Waals surface area contributed by atoms with Gasteiger partial charge in [0.05, 0.1) is 12.9 Å². The molecule has 0 saturated carbocycles. The third-order valence-electron chi connectivity index (χ3n) is 3.48. The van der Waals surface area contributed by atoms with E-state index >= 15 is 0 Å². The van der Waals surface area contributed by atoms with Gasteiger partial charge in [0.2, 0.25) is 5.76 Å². The van der Waals surface area contributed by atoms with Crippen molar-refractivity contribution < 1.29 is 13.9 Å². The highest BCUT2D eigenvalue weighted by atomic mass is 32.2. The first kappa shape index (κ1) is 16.3. The lowest BCUT2D eigenvalue weighted by Gasteiger charge is -2.08. The first-order chi connectivity index (χ1) is 11.6. The average Bonchev–Trinajstić information content (AvgIpc) is 3.20. The molecular weight excluding hydrogens is 326 g/mol. The van der Waals surface area contributed by atoms with Crippen molar-refractivity contribution in [3.8, 4) is 5.69 Å². The molecule has 124 valence electrons. The standard InChI is InChI=1S/C17H17N3O3S/c1-11-4-6-13(7-5-11)20-12(2)18-19-17(20)24-10-14-8-9-15(23-14)16(21)22-3/h4-9H,10H2,1-3H3. The zero-order valence-corrected chi connectivity index (χ0v) is 14.5. The van der Waals surface area contributed by atoms with Gasteiger partial charge in [0.25, 0.3) is 0 Å². The molecule has 3 rings (SSSR count). The molecule has 7 heteroatoms. The molecule has 24 heavy (non-hydrogen) atoms. The molecule has 0 fully saturated rings. The molecule has 0 aliphatic carbocycles. The number of carbonyl (C=O) groups is 1. The Morgan fingerprint density at radius 2 is 1.92 bits per heavy atom. The summed E-state index contributed by atoms with van der Waals surface area (Å²) in [6.07, 6.45) is 0. The van der Waals surface area contributed by atoms with Crippen molar-refractivity contribution in [1.29, 1.82) is 0 Å². The van der Waals surface area contributed by atoms with Crippen LogP contribution in [0.25, 0.3) is 5.69 Å². The van der Waals surface area contributed by atoms with Crippen LogP contribution < -0.4 is 0 Å². The Bertz CT molecular complexity index is 852. The first-order valence-corrected chi connectivity index (χ1v) is 8.36. The number of benzene rings is 1. The van der Waals surface area contributed by atoms with Gasteiger partial charge < -0.3 is 9.15 Å². The summed E-state index contributed by atoms with van der Waals surface area (Å²) in [6, 6.07) is 11.6. The van der Waals surface area contributed by atoms with Gasteiger partial charge in [-0.05, 0) is 38.1 Å². The predicted molar refractivity (Wildman–Crippen MR) is 90.4 cm³/mol. The van der Waals surface area contributed by atoms with E-state index in [9.17, 15) is 4.79 Å². The van der Waals surface area contributed by atoms with E-state index in [-0.39, 0.29) is 5.76 Å². The molecule has 3 aromatic rings. The number of methoxy groups -OCH3 is 1. The molecule has 0 amide bonds. The summed E-state index contributed by atoms with van der Waals surface area (Å²) in [5.41, 5.74) is 2.21. The van der Waals surface area contributed by atoms with Crippen molar-refractivity contribution in [3.63, 3.8) is 0 Å². The van der Waals surface area contributed by atoms with Crippen LogP contribution >= 0.6 is 11.8 Å². The van der Waals surface area contributed by atoms with E-state index in [0.717, 1.165) is 16.7 Å². The van der Waals surface area contributed by atoms with Crippen LogP contribution in [0.1, 0.15) is 27.7 Å². The third-order valence-corrected chi connectivity index (χ3v) is 4.43. The van der Waals surface area contributed by atoms with E-state index in [1.807, 2.05) is 30.5 Å². The number of nitrogens with zero attached hydrogens (tertiary/aromatic N) is 3. The van der Waals surface area contributed by atoms with Crippen molar-refractivity contribution in [1.82, 2.24) is 14.8 Å². The Morgan fingerprint density at radius 1 is 1.17 bits per heavy atom. The van der Waals surface area contributed by atoms with Crippen LogP contribution in [0.5, 0.6) is 0 Å². The van der Waals surface area contributed by atoms with Gasteiger partial charge in [-0.2, -0.15) is 0 Å². The zero-order chi connectivity index (χ0) is 17.1. The topological polar surface area (TPSA) is 70.2 Å². The highest BCUT2D eigenvalue weighted by Gasteiger charge is 2.14. The minimum Gasteiger partial charge on any atom is -0.463 e. The molecule has 6 nitrogen and oxygen atoms in total. The van der Waals surface area contributed by atoms with E-state index in [1.54, 1.807) is 12.1 Å². The first-order valence-electron chi connectivity index (χ1n) is 7.37. The summed E-state index contributed by atoms with van der Waals surface area (Å²) in [6.45, 7) is 3.97. The predicted octanol–water partition coefficient (Wildman–Crippen LogP) is 3.56. The summed E-state index contributed by atoms with van der Waals surface area (Å²) in [4.78, 5) is 11.4. The van der Waals surface area contributed by atoms with Gasteiger partial charge in [0.15, 0.2) is 5.16 Å². The number of aromatic nitrogens is 3. The largest absolute Gasteiger partial charge is 0.463 e. The van der Waals surface area contributed by atoms with Gasteiger partial charge in [-0.15, -0.1) is 10.2 Å². The lowest BCUT2D eigenvalue weighted by molar-refractivity contribution is 0.0563. The molecule has 0 N–H and O–H groups in total. The van der Waals surface area contributed by atoms with Crippen molar-refractivity contribution in [2.45, 2.75) is 24.8 Å². The maximum absolute atomic E-state index is 11.4. The fraction of sp³-hybridized carbons (Fsp3) is 0.235. The van der Waals surface area contributed by atoms with Crippen LogP contribution in [0.15, 0.2) is 46.0 Å². The van der Waals surface area contributed by atoms with Gasteiger partial charge in [-0.3, -0.25) is 4.57 Å². The molecule has 0 spiro atoms. The molecule has 0 atom stereocenters. The van der Waals surface area contributed by atoms with E-state index in [0.29, 0.717) is 11.5 Å². The summed E-state index contributed by atoms with van der Waals surface area (Å²) in [7, 11) is 1.33. The molecule has 1 aromatic carbocycles. The van der Waals surface area contributed by atoms with Gasteiger partial charge in [-0.1, -0.05) is 29.5 Å². The summed E-state index contributed by atoms with van der Waals surface area (Å²) in [5, 5.41) is 9.16. The molecule has 0 aliphatic rings. The number of hydrogen-bond acceptors (Lipinski definition) is 6. The van der Waals surface area contributed by atoms with E-state index in [1.165, 1.54) is 24.4 Å². The molecule has 0 unspecified atom stereocenters. The number of furan rings is 1. The molecular formula is C17H17N3O3S. The SMILES string of the molecule is COC(=O)c1ccc(CSc2nnc(C)n2-c2ccc(C)cc2)o1. The molecule has 0 saturated heterocycles. The second-order valence-electron chi connectivity index (χ2n) is 5.25. The maximum atomic E-state index is 11.4. The molecule has 2 aromatic heterocycles. The number of thioether (sulfide) groups is 1. The number of esters is 1. The Labute approximate surface area is 143 Å². The van der Waals surface area contributed by atoms with Gasteiger partial charge in [0.1, 0.15) is 11.6 Å². The minimum absolute atomic E-state index is 0.198. The molecule has 0 aliphatic heterocycles. The Kier molecular flexibility index (Phi) is 4.71. The number of carbonyl (C=O) groups excluding carboxylic acids is 1. The second kappa shape index (κ2) is 6.92. The number of rotatable bonds is 5. The van der Waals surface area contributed by atoms with Crippen molar-refractivity contribution in [2.75, 3.05) is 7.11 Å². The summed E-state index contributed by atoms with van der Waals surface area (Å²) < 4.78 is 12.1. The number of hydrogen-bond donors (Lipinski definition) is 0. The van der Waals surface area contributed by atoms with Gasteiger partial charge >= 0.3 is 5.97 Å². The van der Waals surface area contributed by atoms with E-state index in [2.05, 4.69) is 27.1 Å². The maximum Gasteiger partial charge on any atom is 0.373 e. The molecule has 0 bridgehead atoms. The van der Waals surface area contributed by atoms with Crippen LogP contribution in [0.2, 0.25) is 0 Å². The van der Waals surface area contributed by atoms with Crippen LogP contribution in [0, 0.1) is 13.8 Å². The van der Waals surface area contributed by atoms with Crippen LogP contribution in [-0.2, 0) is 10.5 Å². The third kappa shape index (κ3) is 3.35. The molecule has 2 heterocycles. The molecule has 0 radical (unpaired) electrons. The Balaban J connectivity index is 1.78. The Morgan fingerprint density at radius 3 is 2.62 bits per heavy atom. The highest BCUT2D eigenvalue weighted by molar-refractivity contribution is 7.98. The minimum atomic E-state index is -0.482. The van der Waals surface area contributed by atoms with Gasteiger partial charge in [-0.25, -0.2) is 4.79 Å². The van der Waals surface area contributed by atoms with E-state index in [4.69, 9.17) is 4.42 Å². The smallest absolute Gasteiger partial charge is 0.373 e. The van der Waals surface area contributed by atoms with Crippen molar-refractivity contribution >= 4 is 17.7 Å². The van der Waals surface area contributed by atoms with Crippen LogP contribution in [0.4, 0.5) is 0 Å². The summed E-state index contributed by atoms with van der Waals surface area (Å²) in [5.74, 6) is 1.75. The number of aryl methyl sites for hydroxylation is 2. The van der Waals surface area contributed by atoms with E-state index < -0.39 is 5.97 Å². The highest BCUT2D eigenvalue weighted by Crippen LogP contribution is 2.26. The van der Waals surface area contributed by atoms with Crippen molar-refractivity contribution in [3.05, 3.63) is 59.3 Å². The summed E-state index contributed by atoms with van der Waals surface area (Å²) >= 11 is 1.50. The fourth-order valence-corrected chi connectivity index (χ4v) is 3.12. The fourth-order valence-electron chi connectivity index (χ4n) is 2.23. The average molecular weight is 343 g/mol. The van der Waals surface area contributed by atoms with Crippen LogP contribution in [-0.4, -0.2) is 27.8 Å². The lowest BCUT2D eigenvalue weighted by Crippen LogP contribution is -1.99. The van der Waals surface area contributed by atoms with Crippen LogP contribution in [0.3, 0.4) is 0 Å². The zero-order valence-electron chi connectivity index (χ0n) is 13.6. The second-order valence-corrected chi connectivity index (χ2v) is 6.19. The normalized spacial score (nSPS) is 10.8. The quantitative estimate of drug-likeness (QED) is 0.521. The Hall–Kier alpha value is -2.54. The monoisotopic (exact) mass is 343 g/mol. The van der Waals surface area contributed by atoms with Crippen molar-refractivity contribution in [2.24, 2.45) is 0 Å². The number of ether oxygens (including phenoxy) is 1.